The van der Waals surface area contributed by atoms with Gasteiger partial charge in [-0.2, -0.15) is 0 Å². The third-order valence-corrected chi connectivity index (χ3v) is 4.20. The van der Waals surface area contributed by atoms with Crippen LogP contribution in [-0.4, -0.2) is 80.0 Å². The first-order valence-corrected chi connectivity index (χ1v) is 7.10. The highest BCUT2D eigenvalue weighted by molar-refractivity contribution is 5.79. The molecular formula is C13H26N4O. The number of amides is 1. The van der Waals surface area contributed by atoms with Gasteiger partial charge in [-0.1, -0.05) is 0 Å². The van der Waals surface area contributed by atoms with Gasteiger partial charge in [0.05, 0.1) is 0 Å². The molecule has 0 radical (unpaired) electrons. The minimum absolute atomic E-state index is 0.252. The van der Waals surface area contributed by atoms with Crippen molar-refractivity contribution < 1.29 is 4.79 Å². The minimum Gasteiger partial charge on any atom is -0.340 e. The molecule has 2 aliphatic heterocycles. The molecule has 0 spiro atoms. The van der Waals surface area contributed by atoms with Crippen molar-refractivity contribution >= 4 is 5.91 Å². The SMILES string of the molecule is CN1CCN(C(=O)C2CCN(CCN)CC2)CC1. The fraction of sp³-hybridized carbons (Fsp3) is 0.923. The Kier molecular flexibility index (Phi) is 4.97. The van der Waals surface area contributed by atoms with Gasteiger partial charge >= 0.3 is 0 Å². The van der Waals surface area contributed by atoms with Crippen molar-refractivity contribution in [3.8, 4) is 0 Å². The predicted octanol–water partition coefficient (Wildman–Crippen LogP) is -0.569. The molecule has 0 saturated carbocycles. The standard InChI is InChI=1S/C13H26N4O/c1-15-8-10-17(11-9-15)13(18)12-2-5-16(6-3-12)7-4-14/h12H,2-11,14H2,1H3. The highest BCUT2D eigenvalue weighted by Gasteiger charge is 2.29. The van der Waals surface area contributed by atoms with Gasteiger partial charge < -0.3 is 20.4 Å². The maximum Gasteiger partial charge on any atom is 0.225 e. The molecule has 0 aromatic heterocycles. The van der Waals surface area contributed by atoms with Crippen molar-refractivity contribution in [1.82, 2.24) is 14.7 Å². The molecule has 2 saturated heterocycles. The monoisotopic (exact) mass is 254 g/mol. The Hall–Kier alpha value is -0.650. The Morgan fingerprint density at radius 2 is 1.72 bits per heavy atom. The van der Waals surface area contributed by atoms with Gasteiger partial charge in [0.2, 0.25) is 5.91 Å². The van der Waals surface area contributed by atoms with Crippen LogP contribution in [0.25, 0.3) is 0 Å². The summed E-state index contributed by atoms with van der Waals surface area (Å²) in [5, 5.41) is 0. The van der Waals surface area contributed by atoms with Gasteiger partial charge in [0, 0.05) is 45.2 Å². The topological polar surface area (TPSA) is 52.8 Å². The van der Waals surface area contributed by atoms with E-state index in [1.165, 1.54) is 0 Å². The van der Waals surface area contributed by atoms with Crippen LogP contribution in [-0.2, 0) is 4.79 Å². The summed E-state index contributed by atoms with van der Waals surface area (Å²) in [5.74, 6) is 0.637. The van der Waals surface area contributed by atoms with Crippen LogP contribution in [0, 0.1) is 5.92 Å². The molecule has 5 nitrogen and oxygen atoms in total. The lowest BCUT2D eigenvalue weighted by molar-refractivity contribution is -0.138. The highest BCUT2D eigenvalue weighted by Crippen LogP contribution is 2.20. The van der Waals surface area contributed by atoms with E-state index in [-0.39, 0.29) is 5.92 Å². The molecule has 2 rings (SSSR count). The maximum absolute atomic E-state index is 12.4. The largest absolute Gasteiger partial charge is 0.340 e. The van der Waals surface area contributed by atoms with Crippen LogP contribution in [0.2, 0.25) is 0 Å². The number of carbonyl (C=O) groups excluding carboxylic acids is 1. The Balaban J connectivity index is 1.77. The summed E-state index contributed by atoms with van der Waals surface area (Å²) < 4.78 is 0. The van der Waals surface area contributed by atoms with Crippen LogP contribution < -0.4 is 5.73 Å². The van der Waals surface area contributed by atoms with Crippen LogP contribution in [0.3, 0.4) is 0 Å². The molecule has 5 heteroatoms. The number of piperazine rings is 1. The van der Waals surface area contributed by atoms with E-state index in [0.29, 0.717) is 5.91 Å². The average molecular weight is 254 g/mol. The second kappa shape index (κ2) is 6.50. The van der Waals surface area contributed by atoms with Gasteiger partial charge in [0.25, 0.3) is 0 Å². The third-order valence-electron chi connectivity index (χ3n) is 4.20. The number of likely N-dealkylation sites (tertiary alicyclic amines) is 1. The van der Waals surface area contributed by atoms with Crippen molar-refractivity contribution in [2.24, 2.45) is 11.7 Å². The summed E-state index contributed by atoms with van der Waals surface area (Å²) in [7, 11) is 2.12. The Morgan fingerprint density at radius 1 is 1.11 bits per heavy atom. The Labute approximate surface area is 110 Å². The molecule has 0 aromatic carbocycles. The molecule has 18 heavy (non-hydrogen) atoms. The molecule has 2 N–H and O–H groups in total. The van der Waals surface area contributed by atoms with E-state index in [1.807, 2.05) is 0 Å². The summed E-state index contributed by atoms with van der Waals surface area (Å²) >= 11 is 0. The second-order valence-electron chi connectivity index (χ2n) is 5.53. The first-order valence-electron chi connectivity index (χ1n) is 7.10. The average Bonchev–Trinajstić information content (AvgIpc) is 2.40. The number of nitrogens with two attached hydrogens (primary N) is 1. The number of nitrogens with zero attached hydrogens (tertiary/aromatic N) is 3. The van der Waals surface area contributed by atoms with Crippen molar-refractivity contribution in [1.29, 1.82) is 0 Å². The second-order valence-corrected chi connectivity index (χ2v) is 5.53. The van der Waals surface area contributed by atoms with E-state index >= 15 is 0 Å². The number of carbonyl (C=O) groups is 1. The molecule has 0 bridgehead atoms. The lowest BCUT2D eigenvalue weighted by Crippen LogP contribution is -2.50. The molecule has 0 unspecified atom stereocenters. The summed E-state index contributed by atoms with van der Waals surface area (Å²) in [6.45, 7) is 7.57. The Bertz CT molecular complexity index is 268. The summed E-state index contributed by atoms with van der Waals surface area (Å²) in [4.78, 5) is 19.1. The van der Waals surface area contributed by atoms with Crippen molar-refractivity contribution in [3.63, 3.8) is 0 Å². The smallest absolute Gasteiger partial charge is 0.225 e. The van der Waals surface area contributed by atoms with Crippen LogP contribution in [0.15, 0.2) is 0 Å². The normalized spacial score (nSPS) is 24.4. The molecule has 2 heterocycles. The number of hydrogen-bond acceptors (Lipinski definition) is 4. The zero-order chi connectivity index (χ0) is 13.0. The summed E-state index contributed by atoms with van der Waals surface area (Å²) in [6, 6.07) is 0. The first kappa shape index (κ1) is 13.8. The first-order chi connectivity index (χ1) is 8.70. The molecule has 1 amide bonds. The van der Waals surface area contributed by atoms with Crippen LogP contribution in [0.4, 0.5) is 0 Å². The van der Waals surface area contributed by atoms with E-state index in [2.05, 4.69) is 21.7 Å². The zero-order valence-electron chi connectivity index (χ0n) is 11.5. The lowest BCUT2D eigenvalue weighted by Gasteiger charge is -2.37. The number of likely N-dealkylation sites (N-methyl/N-ethyl adjacent to an activating group) is 1. The van der Waals surface area contributed by atoms with Gasteiger partial charge in [-0.05, 0) is 33.0 Å². The molecule has 104 valence electrons. The van der Waals surface area contributed by atoms with Gasteiger partial charge in [-0.3, -0.25) is 4.79 Å². The fourth-order valence-corrected chi connectivity index (χ4v) is 2.87. The predicted molar refractivity (Wildman–Crippen MR) is 72.3 cm³/mol. The van der Waals surface area contributed by atoms with E-state index in [4.69, 9.17) is 5.73 Å². The summed E-state index contributed by atoms with van der Waals surface area (Å²) in [6.07, 6.45) is 2.01. The van der Waals surface area contributed by atoms with E-state index in [9.17, 15) is 4.79 Å². The van der Waals surface area contributed by atoms with E-state index < -0.39 is 0 Å². The van der Waals surface area contributed by atoms with Gasteiger partial charge in [0.15, 0.2) is 0 Å². The van der Waals surface area contributed by atoms with Crippen molar-refractivity contribution in [3.05, 3.63) is 0 Å². The molecule has 2 aliphatic rings. The molecule has 0 aliphatic carbocycles. The van der Waals surface area contributed by atoms with Crippen LogP contribution in [0.1, 0.15) is 12.8 Å². The van der Waals surface area contributed by atoms with E-state index in [1.54, 1.807) is 0 Å². The molecule has 2 fully saturated rings. The number of hydrogen-bond donors (Lipinski definition) is 1. The zero-order valence-corrected chi connectivity index (χ0v) is 11.5. The maximum atomic E-state index is 12.4. The van der Waals surface area contributed by atoms with Crippen LogP contribution >= 0.6 is 0 Å². The van der Waals surface area contributed by atoms with Crippen LogP contribution in [0.5, 0.6) is 0 Å². The van der Waals surface area contributed by atoms with Gasteiger partial charge in [0.1, 0.15) is 0 Å². The minimum atomic E-state index is 0.252. The number of piperidine rings is 1. The third kappa shape index (κ3) is 3.43. The number of rotatable bonds is 3. The van der Waals surface area contributed by atoms with Gasteiger partial charge in [-0.25, -0.2) is 0 Å². The van der Waals surface area contributed by atoms with Gasteiger partial charge in [-0.15, -0.1) is 0 Å². The van der Waals surface area contributed by atoms with Crippen molar-refractivity contribution in [2.45, 2.75) is 12.8 Å². The fourth-order valence-electron chi connectivity index (χ4n) is 2.87. The lowest BCUT2D eigenvalue weighted by atomic mass is 9.95. The molecular weight excluding hydrogens is 228 g/mol. The molecule has 0 atom stereocenters. The quantitative estimate of drug-likeness (QED) is 0.733. The van der Waals surface area contributed by atoms with E-state index in [0.717, 1.165) is 65.2 Å². The summed E-state index contributed by atoms with van der Waals surface area (Å²) in [5.41, 5.74) is 5.56. The van der Waals surface area contributed by atoms with Crippen molar-refractivity contribution in [2.75, 3.05) is 59.4 Å². The molecule has 0 aromatic rings. The highest BCUT2D eigenvalue weighted by atomic mass is 16.2. The Morgan fingerprint density at radius 3 is 2.28 bits per heavy atom.